The zero-order valence-corrected chi connectivity index (χ0v) is 20.7. The third-order valence-electron chi connectivity index (χ3n) is 4.76. The number of urea groups is 1. The highest BCUT2D eigenvalue weighted by atomic mass is 35.5. The Bertz CT molecular complexity index is 1340. The molecule has 0 fully saturated rings. The van der Waals surface area contributed by atoms with Gasteiger partial charge in [-0.15, -0.1) is 11.3 Å². The van der Waals surface area contributed by atoms with Crippen molar-refractivity contribution in [3.63, 3.8) is 0 Å². The minimum atomic E-state index is -0.367. The number of aryl methyl sites for hydroxylation is 1. The van der Waals surface area contributed by atoms with Crippen LogP contribution in [0.25, 0.3) is 10.2 Å². The normalized spacial score (nSPS) is 10.7. The average molecular weight is 513 g/mol. The number of ether oxygens (including phenoxy) is 1. The molecule has 174 valence electrons. The Morgan fingerprint density at radius 3 is 2.35 bits per heavy atom. The number of thioether (sulfide) groups is 1. The lowest BCUT2D eigenvalue weighted by molar-refractivity contribution is -0.113. The van der Waals surface area contributed by atoms with Crippen molar-refractivity contribution in [3.8, 4) is 5.75 Å². The first-order chi connectivity index (χ1) is 16.4. The summed E-state index contributed by atoms with van der Waals surface area (Å²) >= 11 is 8.94. The topological polar surface area (TPSA) is 92.3 Å². The first-order valence-corrected chi connectivity index (χ1v) is 12.4. The van der Waals surface area contributed by atoms with E-state index in [1.807, 2.05) is 25.1 Å². The Morgan fingerprint density at radius 2 is 1.65 bits per heavy atom. The first-order valence-electron chi connectivity index (χ1n) is 10.2. The summed E-state index contributed by atoms with van der Waals surface area (Å²) < 4.78 is 6.80. The molecule has 3 N–H and O–H groups in total. The summed E-state index contributed by atoms with van der Waals surface area (Å²) in [5.74, 6) is 0.843. The van der Waals surface area contributed by atoms with E-state index < -0.39 is 0 Å². The van der Waals surface area contributed by atoms with E-state index in [4.69, 9.17) is 16.3 Å². The van der Waals surface area contributed by atoms with Crippen LogP contribution in [0.3, 0.4) is 0 Å². The summed E-state index contributed by atoms with van der Waals surface area (Å²) in [6.45, 7) is 1.90. The molecule has 3 aromatic carbocycles. The number of hydrogen-bond donors (Lipinski definition) is 3. The van der Waals surface area contributed by atoms with Crippen molar-refractivity contribution in [3.05, 3.63) is 71.2 Å². The van der Waals surface area contributed by atoms with Crippen molar-refractivity contribution in [2.75, 3.05) is 28.8 Å². The van der Waals surface area contributed by atoms with Crippen LogP contribution in [0.5, 0.6) is 5.75 Å². The smallest absolute Gasteiger partial charge is 0.323 e. The Morgan fingerprint density at radius 1 is 0.971 bits per heavy atom. The third-order valence-corrected chi connectivity index (χ3v) is 7.33. The molecule has 0 atom stereocenters. The molecule has 0 unspecified atom stereocenters. The van der Waals surface area contributed by atoms with Crippen LogP contribution in [0.4, 0.5) is 21.9 Å². The van der Waals surface area contributed by atoms with Gasteiger partial charge in [0.05, 0.1) is 23.1 Å². The van der Waals surface area contributed by atoms with E-state index in [9.17, 15) is 9.59 Å². The van der Waals surface area contributed by atoms with Gasteiger partial charge in [0.15, 0.2) is 4.34 Å². The molecule has 34 heavy (non-hydrogen) atoms. The van der Waals surface area contributed by atoms with Crippen molar-refractivity contribution in [2.24, 2.45) is 0 Å². The summed E-state index contributed by atoms with van der Waals surface area (Å²) in [6.07, 6.45) is 0. The number of hydrogen-bond acceptors (Lipinski definition) is 6. The number of fused-ring (bicyclic) bond motifs is 1. The second-order valence-electron chi connectivity index (χ2n) is 7.27. The number of halogens is 1. The van der Waals surface area contributed by atoms with Crippen LogP contribution in [0.2, 0.25) is 5.02 Å². The highest BCUT2D eigenvalue weighted by Crippen LogP contribution is 2.31. The second-order valence-corrected chi connectivity index (χ2v) is 9.93. The molecular weight excluding hydrogens is 492 g/mol. The predicted octanol–water partition coefficient (Wildman–Crippen LogP) is 6.64. The highest BCUT2D eigenvalue weighted by Gasteiger charge is 2.10. The van der Waals surface area contributed by atoms with Gasteiger partial charge in [0.1, 0.15) is 5.75 Å². The zero-order valence-electron chi connectivity index (χ0n) is 18.3. The molecule has 0 aliphatic rings. The van der Waals surface area contributed by atoms with Gasteiger partial charge in [-0.05, 0) is 67.1 Å². The van der Waals surface area contributed by atoms with E-state index >= 15 is 0 Å². The number of rotatable bonds is 7. The van der Waals surface area contributed by atoms with Crippen LogP contribution in [0.1, 0.15) is 5.56 Å². The van der Waals surface area contributed by atoms with Crippen molar-refractivity contribution in [1.82, 2.24) is 4.98 Å². The van der Waals surface area contributed by atoms with E-state index in [0.717, 1.165) is 25.9 Å². The molecule has 0 saturated carbocycles. The number of carbonyl (C=O) groups is 2. The van der Waals surface area contributed by atoms with Gasteiger partial charge >= 0.3 is 6.03 Å². The molecule has 0 aliphatic carbocycles. The molecular formula is C24H21ClN4O3S2. The van der Waals surface area contributed by atoms with Crippen LogP contribution in [0.15, 0.2) is 65.0 Å². The van der Waals surface area contributed by atoms with E-state index in [2.05, 4.69) is 20.9 Å². The van der Waals surface area contributed by atoms with Gasteiger partial charge in [-0.25, -0.2) is 9.78 Å². The Hall–Kier alpha value is -3.27. The predicted molar refractivity (Wildman–Crippen MR) is 141 cm³/mol. The molecule has 1 heterocycles. The molecule has 0 saturated heterocycles. The van der Waals surface area contributed by atoms with Crippen LogP contribution in [0, 0.1) is 6.92 Å². The molecule has 1 aromatic heterocycles. The largest absolute Gasteiger partial charge is 0.497 e. The van der Waals surface area contributed by atoms with Crippen molar-refractivity contribution < 1.29 is 14.3 Å². The number of aromatic nitrogens is 1. The van der Waals surface area contributed by atoms with Gasteiger partial charge in [-0.3, -0.25) is 4.79 Å². The van der Waals surface area contributed by atoms with Gasteiger partial charge in [0.25, 0.3) is 0 Å². The maximum Gasteiger partial charge on any atom is 0.323 e. The fourth-order valence-electron chi connectivity index (χ4n) is 3.01. The Labute approximate surface area is 209 Å². The van der Waals surface area contributed by atoms with Gasteiger partial charge < -0.3 is 20.7 Å². The monoisotopic (exact) mass is 512 g/mol. The fourth-order valence-corrected chi connectivity index (χ4v) is 5.09. The quantitative estimate of drug-likeness (QED) is 0.241. The van der Waals surface area contributed by atoms with Gasteiger partial charge in [0, 0.05) is 22.1 Å². The average Bonchev–Trinajstić information content (AvgIpc) is 3.23. The number of amides is 3. The van der Waals surface area contributed by atoms with Crippen molar-refractivity contribution >= 4 is 73.9 Å². The maximum atomic E-state index is 12.3. The summed E-state index contributed by atoms with van der Waals surface area (Å²) in [4.78, 5) is 29.2. The molecule has 4 aromatic rings. The maximum absolute atomic E-state index is 12.3. The molecule has 10 heteroatoms. The van der Waals surface area contributed by atoms with E-state index in [0.29, 0.717) is 22.1 Å². The second kappa shape index (κ2) is 10.8. The molecule has 0 bridgehead atoms. The van der Waals surface area contributed by atoms with Gasteiger partial charge in [-0.2, -0.15) is 0 Å². The lowest BCUT2D eigenvalue weighted by atomic mass is 10.2. The summed E-state index contributed by atoms with van der Waals surface area (Å²) in [5, 5.41) is 9.03. The number of benzene rings is 3. The molecule has 4 rings (SSSR count). The first kappa shape index (κ1) is 23.9. The lowest BCUT2D eigenvalue weighted by Crippen LogP contribution is -2.19. The van der Waals surface area contributed by atoms with Crippen molar-refractivity contribution in [1.29, 1.82) is 0 Å². The fraction of sp³-hybridized carbons (Fsp3) is 0.125. The number of thiazole rings is 1. The zero-order chi connectivity index (χ0) is 24.1. The minimum absolute atomic E-state index is 0.121. The summed E-state index contributed by atoms with van der Waals surface area (Å²) in [6, 6.07) is 17.6. The van der Waals surface area contributed by atoms with Crippen LogP contribution < -0.4 is 20.7 Å². The van der Waals surface area contributed by atoms with Crippen LogP contribution >= 0.6 is 34.7 Å². The Balaban J connectivity index is 1.33. The number of methoxy groups -OCH3 is 1. The minimum Gasteiger partial charge on any atom is -0.497 e. The van der Waals surface area contributed by atoms with Crippen LogP contribution in [-0.2, 0) is 4.79 Å². The Kier molecular flexibility index (Phi) is 7.56. The summed E-state index contributed by atoms with van der Waals surface area (Å²) in [5.41, 5.74) is 3.70. The van der Waals surface area contributed by atoms with E-state index in [-0.39, 0.29) is 17.7 Å². The van der Waals surface area contributed by atoms with Crippen LogP contribution in [-0.4, -0.2) is 29.8 Å². The third kappa shape index (κ3) is 6.19. The van der Waals surface area contributed by atoms with E-state index in [1.165, 1.54) is 23.1 Å². The van der Waals surface area contributed by atoms with Gasteiger partial charge in [0.2, 0.25) is 5.91 Å². The highest BCUT2D eigenvalue weighted by molar-refractivity contribution is 8.01. The number of anilines is 3. The van der Waals surface area contributed by atoms with Crippen molar-refractivity contribution in [2.45, 2.75) is 11.3 Å². The lowest BCUT2D eigenvalue weighted by Gasteiger charge is -2.08. The molecule has 0 radical (unpaired) electrons. The van der Waals surface area contributed by atoms with E-state index in [1.54, 1.807) is 49.6 Å². The summed E-state index contributed by atoms with van der Waals surface area (Å²) in [7, 11) is 1.60. The molecule has 7 nitrogen and oxygen atoms in total. The number of carbonyl (C=O) groups excluding carboxylic acids is 2. The van der Waals surface area contributed by atoms with Gasteiger partial charge in [-0.1, -0.05) is 29.4 Å². The molecule has 0 spiro atoms. The number of nitrogens with zero attached hydrogens (tertiary/aromatic N) is 1. The SMILES string of the molecule is COc1ccc(NC(=O)CSc2nc3ccc(NC(=O)Nc4ccc(C)c(Cl)c4)cc3s2)cc1. The molecule has 0 aliphatic heterocycles. The standard InChI is InChI=1S/C24H21ClN4O3S2/c1-14-3-4-16(11-19(14)25)27-23(31)28-17-7-10-20-21(12-17)34-24(29-20)33-13-22(30)26-15-5-8-18(32-2)9-6-15/h3-12H,13H2,1-2H3,(H,26,30)(H2,27,28,31). The number of nitrogens with one attached hydrogen (secondary N) is 3. The molecule has 3 amide bonds.